The van der Waals surface area contributed by atoms with E-state index in [1.807, 2.05) is 47.4 Å². The van der Waals surface area contributed by atoms with Crippen molar-refractivity contribution in [2.75, 3.05) is 41.3 Å². The summed E-state index contributed by atoms with van der Waals surface area (Å²) in [5, 5.41) is 7.67. The van der Waals surface area contributed by atoms with E-state index in [1.165, 1.54) is 5.56 Å². The van der Waals surface area contributed by atoms with Crippen LogP contribution in [0.1, 0.15) is 5.56 Å². The molecular formula is C25H24N8S. The van der Waals surface area contributed by atoms with E-state index < -0.39 is 0 Å². The quantitative estimate of drug-likeness (QED) is 0.400. The van der Waals surface area contributed by atoms with Gasteiger partial charge >= 0.3 is 0 Å². The molecule has 0 unspecified atom stereocenters. The van der Waals surface area contributed by atoms with Crippen LogP contribution >= 0.6 is 11.3 Å². The minimum atomic E-state index is 0.672. The van der Waals surface area contributed by atoms with E-state index in [0.717, 1.165) is 60.6 Å². The maximum Gasteiger partial charge on any atom is 0.229 e. The van der Waals surface area contributed by atoms with Crippen molar-refractivity contribution in [3.05, 3.63) is 83.4 Å². The number of nitrogens with one attached hydrogen (secondary N) is 1. The Bertz CT molecular complexity index is 1360. The number of nitrogens with zero attached hydrogens (tertiary/aromatic N) is 7. The minimum Gasteiger partial charge on any atom is -0.364 e. The zero-order valence-electron chi connectivity index (χ0n) is 18.6. The number of hydrogen-bond donors (Lipinski definition) is 1. The minimum absolute atomic E-state index is 0.672. The predicted molar refractivity (Wildman–Crippen MR) is 137 cm³/mol. The van der Waals surface area contributed by atoms with Crippen LogP contribution in [-0.2, 0) is 6.54 Å². The highest BCUT2D eigenvalue weighted by atomic mass is 32.1. The molecule has 0 radical (unpaired) electrons. The lowest BCUT2D eigenvalue weighted by molar-refractivity contribution is 0.635. The van der Waals surface area contributed by atoms with E-state index in [-0.39, 0.29) is 0 Å². The number of anilines is 3. The average molecular weight is 469 g/mol. The molecule has 1 fully saturated rings. The summed E-state index contributed by atoms with van der Waals surface area (Å²) in [6, 6.07) is 18.4. The van der Waals surface area contributed by atoms with Crippen molar-refractivity contribution in [1.82, 2.24) is 24.5 Å². The van der Waals surface area contributed by atoms with Gasteiger partial charge in [0.2, 0.25) is 5.95 Å². The van der Waals surface area contributed by atoms with Gasteiger partial charge < -0.3 is 15.1 Å². The molecule has 0 amide bonds. The fourth-order valence-electron chi connectivity index (χ4n) is 4.19. The normalized spacial score (nSPS) is 14.0. The van der Waals surface area contributed by atoms with E-state index in [1.54, 1.807) is 11.3 Å². The number of imidazole rings is 1. The van der Waals surface area contributed by atoms with Crippen LogP contribution in [0.15, 0.2) is 77.9 Å². The second-order valence-electron chi connectivity index (χ2n) is 8.14. The second kappa shape index (κ2) is 9.11. The van der Waals surface area contributed by atoms with Crippen molar-refractivity contribution in [2.24, 2.45) is 0 Å². The number of aromatic nitrogens is 5. The molecule has 1 aliphatic rings. The fourth-order valence-corrected chi connectivity index (χ4v) is 4.82. The van der Waals surface area contributed by atoms with Gasteiger partial charge in [-0.3, -0.25) is 4.57 Å². The van der Waals surface area contributed by atoms with Crippen LogP contribution in [-0.4, -0.2) is 50.7 Å². The third-order valence-electron chi connectivity index (χ3n) is 6.01. The molecule has 0 aliphatic carbocycles. The summed E-state index contributed by atoms with van der Waals surface area (Å²) in [5.41, 5.74) is 3.84. The molecule has 6 rings (SSSR count). The molecule has 1 aromatic carbocycles. The molecule has 8 nitrogen and oxygen atoms in total. The van der Waals surface area contributed by atoms with Crippen molar-refractivity contribution in [2.45, 2.75) is 6.54 Å². The Kier molecular flexibility index (Phi) is 5.52. The van der Waals surface area contributed by atoms with Crippen LogP contribution in [0.25, 0.3) is 16.9 Å². The molecule has 0 spiro atoms. The van der Waals surface area contributed by atoms with Gasteiger partial charge in [0.05, 0.1) is 5.69 Å². The number of piperazine rings is 1. The second-order valence-corrected chi connectivity index (χ2v) is 8.92. The van der Waals surface area contributed by atoms with Gasteiger partial charge in [0.25, 0.3) is 0 Å². The molecule has 9 heteroatoms. The Morgan fingerprint density at radius 3 is 2.44 bits per heavy atom. The van der Waals surface area contributed by atoms with Crippen LogP contribution in [0.3, 0.4) is 0 Å². The maximum absolute atomic E-state index is 4.97. The lowest BCUT2D eigenvalue weighted by atomic mass is 10.2. The third-order valence-corrected chi connectivity index (χ3v) is 6.68. The first-order valence-corrected chi connectivity index (χ1v) is 12.3. The Hall–Kier alpha value is -3.98. The molecule has 1 N–H and O–H groups in total. The van der Waals surface area contributed by atoms with Gasteiger partial charge in [-0.1, -0.05) is 36.4 Å². The standard InChI is InChI=1S/C25H24N8S/c1-2-6-19(7-3-1)16-27-23-22-24(33(18-28-22)20-9-15-34-17-20)30-25(29-23)32-13-11-31(12-14-32)21-8-4-5-10-26-21/h1-10,15,17-18H,11-14,16H2,(H,27,29,30). The molecule has 4 aromatic heterocycles. The molecule has 0 atom stereocenters. The van der Waals surface area contributed by atoms with Gasteiger partial charge in [-0.15, -0.1) is 0 Å². The molecular weight excluding hydrogens is 444 g/mol. The largest absolute Gasteiger partial charge is 0.364 e. The Morgan fingerprint density at radius 2 is 1.68 bits per heavy atom. The average Bonchev–Trinajstić information content (AvgIpc) is 3.58. The third kappa shape index (κ3) is 4.06. The molecule has 5 heterocycles. The topological polar surface area (TPSA) is 75.0 Å². The maximum atomic E-state index is 4.97. The SMILES string of the molecule is c1ccc(CNc2nc(N3CCN(c4ccccn4)CC3)nc3c2ncn3-c2ccsc2)cc1. The number of thiophene rings is 1. The summed E-state index contributed by atoms with van der Waals surface area (Å²) < 4.78 is 2.04. The van der Waals surface area contributed by atoms with Gasteiger partial charge in [0.1, 0.15) is 12.1 Å². The lowest BCUT2D eigenvalue weighted by Crippen LogP contribution is -2.47. The summed E-state index contributed by atoms with van der Waals surface area (Å²) in [7, 11) is 0. The number of benzene rings is 1. The summed E-state index contributed by atoms with van der Waals surface area (Å²) in [6.45, 7) is 4.06. The zero-order chi connectivity index (χ0) is 22.7. The number of pyridine rings is 1. The number of fused-ring (bicyclic) bond motifs is 1. The molecule has 0 bridgehead atoms. The van der Waals surface area contributed by atoms with Crippen molar-refractivity contribution in [3.63, 3.8) is 0 Å². The van der Waals surface area contributed by atoms with Gasteiger partial charge in [-0.2, -0.15) is 21.3 Å². The molecule has 5 aromatic rings. The number of rotatable bonds is 6. The molecule has 1 aliphatic heterocycles. The molecule has 0 saturated carbocycles. The zero-order valence-corrected chi connectivity index (χ0v) is 19.4. The van der Waals surface area contributed by atoms with Crippen LogP contribution in [0.5, 0.6) is 0 Å². The highest BCUT2D eigenvalue weighted by Crippen LogP contribution is 2.27. The highest BCUT2D eigenvalue weighted by Gasteiger charge is 2.23. The monoisotopic (exact) mass is 468 g/mol. The first-order valence-electron chi connectivity index (χ1n) is 11.3. The van der Waals surface area contributed by atoms with Crippen molar-refractivity contribution < 1.29 is 0 Å². The van der Waals surface area contributed by atoms with Crippen LogP contribution in [0, 0.1) is 0 Å². The van der Waals surface area contributed by atoms with E-state index in [2.05, 4.69) is 60.1 Å². The number of hydrogen-bond acceptors (Lipinski definition) is 8. The van der Waals surface area contributed by atoms with Gasteiger partial charge in [-0.25, -0.2) is 9.97 Å². The van der Waals surface area contributed by atoms with Crippen molar-refractivity contribution >= 4 is 40.1 Å². The summed E-state index contributed by atoms with van der Waals surface area (Å²) >= 11 is 1.66. The Balaban J connectivity index is 1.32. The van der Waals surface area contributed by atoms with E-state index in [9.17, 15) is 0 Å². The predicted octanol–water partition coefficient (Wildman–Crippen LogP) is 4.21. The van der Waals surface area contributed by atoms with E-state index in [0.29, 0.717) is 6.54 Å². The van der Waals surface area contributed by atoms with Gasteiger partial charge in [0.15, 0.2) is 17.0 Å². The first kappa shape index (κ1) is 20.6. The highest BCUT2D eigenvalue weighted by molar-refractivity contribution is 7.08. The summed E-state index contributed by atoms with van der Waals surface area (Å²) in [5.74, 6) is 2.49. The Labute approximate surface area is 201 Å². The van der Waals surface area contributed by atoms with Gasteiger partial charge in [0, 0.05) is 44.3 Å². The van der Waals surface area contributed by atoms with Crippen LogP contribution in [0.2, 0.25) is 0 Å². The van der Waals surface area contributed by atoms with E-state index >= 15 is 0 Å². The fraction of sp³-hybridized carbons (Fsp3) is 0.200. The molecule has 34 heavy (non-hydrogen) atoms. The lowest BCUT2D eigenvalue weighted by Gasteiger charge is -2.35. The van der Waals surface area contributed by atoms with Crippen molar-refractivity contribution in [1.29, 1.82) is 0 Å². The van der Waals surface area contributed by atoms with Crippen LogP contribution < -0.4 is 15.1 Å². The molecule has 170 valence electrons. The summed E-state index contributed by atoms with van der Waals surface area (Å²) in [4.78, 5) is 23.6. The van der Waals surface area contributed by atoms with Crippen molar-refractivity contribution in [3.8, 4) is 5.69 Å². The smallest absolute Gasteiger partial charge is 0.229 e. The van der Waals surface area contributed by atoms with Gasteiger partial charge in [-0.05, 0) is 29.1 Å². The first-order chi connectivity index (χ1) is 16.8. The summed E-state index contributed by atoms with van der Waals surface area (Å²) in [6.07, 6.45) is 3.67. The molecule has 1 saturated heterocycles. The van der Waals surface area contributed by atoms with E-state index in [4.69, 9.17) is 9.97 Å². The Morgan fingerprint density at radius 1 is 0.853 bits per heavy atom. The van der Waals surface area contributed by atoms with Crippen LogP contribution in [0.4, 0.5) is 17.6 Å².